The normalized spacial score (nSPS) is 24.5. The summed E-state index contributed by atoms with van der Waals surface area (Å²) in [6, 6.07) is 0. The van der Waals surface area contributed by atoms with Crippen LogP contribution in [0.1, 0.15) is 6.42 Å². The van der Waals surface area contributed by atoms with E-state index >= 15 is 0 Å². The molecule has 0 aromatic carbocycles. The second-order valence-corrected chi connectivity index (χ2v) is 4.14. The molecular weight excluding hydrogens is 237 g/mol. The molecule has 78 valence electrons. The molecule has 0 aromatic rings. The van der Waals surface area contributed by atoms with Gasteiger partial charge in [-0.25, -0.2) is 0 Å². The van der Waals surface area contributed by atoms with Crippen molar-refractivity contribution in [1.29, 1.82) is 0 Å². The van der Waals surface area contributed by atoms with Gasteiger partial charge in [-0.3, -0.25) is 10.1 Å². The molecule has 1 atom stereocenters. The Morgan fingerprint density at radius 1 is 1.47 bits per heavy atom. The van der Waals surface area contributed by atoms with Crippen LogP contribution in [0.3, 0.4) is 0 Å². The maximum Gasteiger partial charge on any atom is 0.272 e. The Bertz CT molecular complexity index is 446. The average molecular weight is 244 g/mol. The number of nitrogens with zero attached hydrogens (tertiary/aromatic N) is 1. The fourth-order valence-electron chi connectivity index (χ4n) is 1.78. The van der Waals surface area contributed by atoms with Crippen molar-refractivity contribution in [2.24, 2.45) is 5.92 Å². The Morgan fingerprint density at radius 2 is 2.20 bits per heavy atom. The summed E-state index contributed by atoms with van der Waals surface area (Å²) in [4.78, 5) is 10.4. The number of allylic oxidation sites excluding steroid dienone is 7. The van der Waals surface area contributed by atoms with Gasteiger partial charge in [0.05, 0.1) is 10.8 Å². The maximum atomic E-state index is 10.9. The van der Waals surface area contributed by atoms with Crippen LogP contribution in [0.25, 0.3) is 0 Å². The summed E-state index contributed by atoms with van der Waals surface area (Å²) in [6.07, 6.45) is 7.52. The SMILES string of the molecule is O=[N+]([O-])C1=C(Cl)C=C(Cl)C2=CC=CCC21. The first kappa shape index (κ1) is 10.5. The number of halogens is 2. The number of fused-ring (bicyclic) bond motifs is 1. The number of rotatable bonds is 1. The molecule has 2 aliphatic carbocycles. The van der Waals surface area contributed by atoms with Crippen LogP contribution < -0.4 is 0 Å². The molecule has 0 bridgehead atoms. The van der Waals surface area contributed by atoms with Crippen LogP contribution in [0, 0.1) is 16.0 Å². The maximum absolute atomic E-state index is 10.9. The van der Waals surface area contributed by atoms with Crippen LogP contribution in [0.2, 0.25) is 0 Å². The van der Waals surface area contributed by atoms with Gasteiger partial charge < -0.3 is 0 Å². The standard InChI is InChI=1S/C10H7Cl2NO2/c11-8-5-9(12)10(13(14)15)7-4-2-1-3-6(7)8/h1-3,5,7H,4H2. The van der Waals surface area contributed by atoms with Crippen molar-refractivity contribution in [3.8, 4) is 0 Å². The van der Waals surface area contributed by atoms with Gasteiger partial charge in [-0.15, -0.1) is 0 Å². The summed E-state index contributed by atoms with van der Waals surface area (Å²) >= 11 is 11.8. The van der Waals surface area contributed by atoms with Gasteiger partial charge in [0.25, 0.3) is 5.70 Å². The molecule has 2 aliphatic rings. The molecule has 0 fully saturated rings. The molecule has 0 spiro atoms. The molecule has 0 heterocycles. The van der Waals surface area contributed by atoms with Crippen LogP contribution in [0.5, 0.6) is 0 Å². The predicted molar refractivity (Wildman–Crippen MR) is 59.1 cm³/mol. The average Bonchev–Trinajstić information content (AvgIpc) is 2.17. The van der Waals surface area contributed by atoms with E-state index in [2.05, 4.69) is 0 Å². The van der Waals surface area contributed by atoms with Gasteiger partial charge in [-0.05, 0) is 18.1 Å². The molecule has 15 heavy (non-hydrogen) atoms. The van der Waals surface area contributed by atoms with E-state index in [0.717, 1.165) is 5.57 Å². The topological polar surface area (TPSA) is 43.1 Å². The third-order valence-corrected chi connectivity index (χ3v) is 3.09. The predicted octanol–water partition coefficient (Wildman–Crippen LogP) is 3.35. The Kier molecular flexibility index (Phi) is 2.67. The molecule has 0 saturated carbocycles. The lowest BCUT2D eigenvalue weighted by Crippen LogP contribution is -2.19. The fraction of sp³-hybridized carbons (Fsp3) is 0.200. The highest BCUT2D eigenvalue weighted by Crippen LogP contribution is 2.41. The molecule has 0 saturated heterocycles. The molecule has 3 nitrogen and oxygen atoms in total. The second-order valence-electron chi connectivity index (χ2n) is 3.32. The van der Waals surface area contributed by atoms with Crippen molar-refractivity contribution in [3.05, 3.63) is 55.8 Å². The van der Waals surface area contributed by atoms with E-state index in [0.29, 0.717) is 11.5 Å². The molecule has 2 rings (SSSR count). The van der Waals surface area contributed by atoms with E-state index in [9.17, 15) is 10.1 Å². The molecule has 1 unspecified atom stereocenters. The van der Waals surface area contributed by atoms with E-state index in [4.69, 9.17) is 23.2 Å². The van der Waals surface area contributed by atoms with Gasteiger partial charge >= 0.3 is 0 Å². The zero-order chi connectivity index (χ0) is 11.0. The van der Waals surface area contributed by atoms with Gasteiger partial charge in [0.1, 0.15) is 5.03 Å². The smallest absolute Gasteiger partial charge is 0.259 e. The van der Waals surface area contributed by atoms with Crippen LogP contribution in [-0.4, -0.2) is 4.92 Å². The van der Waals surface area contributed by atoms with Crippen LogP contribution in [0.15, 0.2) is 45.6 Å². The Balaban J connectivity index is 2.55. The van der Waals surface area contributed by atoms with Crippen molar-refractivity contribution in [2.75, 3.05) is 0 Å². The van der Waals surface area contributed by atoms with E-state index < -0.39 is 4.92 Å². The highest BCUT2D eigenvalue weighted by Gasteiger charge is 2.35. The monoisotopic (exact) mass is 243 g/mol. The number of nitro groups is 1. The lowest BCUT2D eigenvalue weighted by atomic mass is 9.85. The van der Waals surface area contributed by atoms with E-state index in [1.165, 1.54) is 6.08 Å². The molecule has 0 N–H and O–H groups in total. The number of hydrogen-bond donors (Lipinski definition) is 0. The van der Waals surface area contributed by atoms with Gasteiger partial charge in [0.2, 0.25) is 0 Å². The third kappa shape index (κ3) is 1.73. The minimum Gasteiger partial charge on any atom is -0.259 e. The Labute approximate surface area is 96.5 Å². The molecule has 0 aliphatic heterocycles. The third-order valence-electron chi connectivity index (χ3n) is 2.46. The lowest BCUT2D eigenvalue weighted by molar-refractivity contribution is -0.433. The molecule has 0 aromatic heterocycles. The zero-order valence-electron chi connectivity index (χ0n) is 7.61. The van der Waals surface area contributed by atoms with Gasteiger partial charge in [0, 0.05) is 5.03 Å². The Morgan fingerprint density at radius 3 is 2.87 bits per heavy atom. The van der Waals surface area contributed by atoms with Crippen molar-refractivity contribution in [1.82, 2.24) is 0 Å². The largest absolute Gasteiger partial charge is 0.272 e. The summed E-state index contributed by atoms with van der Waals surface area (Å²) in [5.41, 5.74) is 0.812. The van der Waals surface area contributed by atoms with E-state index in [1.54, 1.807) is 6.08 Å². The summed E-state index contributed by atoms with van der Waals surface area (Å²) in [6.45, 7) is 0. The van der Waals surface area contributed by atoms with E-state index in [-0.39, 0.29) is 16.6 Å². The Hall–Kier alpha value is -1.06. The molecule has 0 amide bonds. The van der Waals surface area contributed by atoms with Crippen molar-refractivity contribution in [3.63, 3.8) is 0 Å². The van der Waals surface area contributed by atoms with Gasteiger partial charge in [-0.2, -0.15) is 0 Å². The van der Waals surface area contributed by atoms with Crippen molar-refractivity contribution in [2.45, 2.75) is 6.42 Å². The van der Waals surface area contributed by atoms with Crippen molar-refractivity contribution >= 4 is 23.2 Å². The fourth-order valence-corrected chi connectivity index (χ4v) is 2.45. The summed E-state index contributed by atoms with van der Waals surface area (Å²) < 4.78 is 0. The molecule has 0 radical (unpaired) electrons. The first-order valence-corrected chi connectivity index (χ1v) is 5.15. The minimum absolute atomic E-state index is 0.0386. The van der Waals surface area contributed by atoms with E-state index in [1.807, 2.05) is 12.2 Å². The summed E-state index contributed by atoms with van der Waals surface area (Å²) in [5, 5.41) is 11.5. The van der Waals surface area contributed by atoms with Crippen LogP contribution >= 0.6 is 23.2 Å². The second kappa shape index (κ2) is 3.83. The van der Waals surface area contributed by atoms with Crippen LogP contribution in [-0.2, 0) is 0 Å². The zero-order valence-corrected chi connectivity index (χ0v) is 9.13. The van der Waals surface area contributed by atoms with Crippen molar-refractivity contribution < 1.29 is 4.92 Å². The van der Waals surface area contributed by atoms with Gasteiger partial charge in [0.15, 0.2) is 0 Å². The summed E-state index contributed by atoms with van der Waals surface area (Å²) in [7, 11) is 0. The summed E-state index contributed by atoms with van der Waals surface area (Å²) in [5.74, 6) is -0.310. The van der Waals surface area contributed by atoms with Gasteiger partial charge in [-0.1, -0.05) is 41.4 Å². The van der Waals surface area contributed by atoms with Crippen LogP contribution in [0.4, 0.5) is 0 Å². The molecular formula is C10H7Cl2NO2. The first-order valence-electron chi connectivity index (χ1n) is 4.39. The first-order chi connectivity index (χ1) is 7.11. The minimum atomic E-state index is -0.431. The highest BCUT2D eigenvalue weighted by atomic mass is 35.5. The lowest BCUT2D eigenvalue weighted by Gasteiger charge is -2.22. The number of hydrogen-bond acceptors (Lipinski definition) is 2. The quantitative estimate of drug-likeness (QED) is 0.524. The highest BCUT2D eigenvalue weighted by molar-refractivity contribution is 6.36. The molecule has 5 heteroatoms.